The number of aromatic nitrogens is 3. The van der Waals surface area contributed by atoms with E-state index in [0.717, 1.165) is 12.5 Å². The third kappa shape index (κ3) is 2.63. The van der Waals surface area contributed by atoms with Crippen LogP contribution in [-0.2, 0) is 0 Å². The lowest BCUT2D eigenvalue weighted by Crippen LogP contribution is -2.30. The Morgan fingerprint density at radius 2 is 2.00 bits per heavy atom. The normalized spacial score (nSPS) is 18.7. The van der Waals surface area contributed by atoms with Gasteiger partial charge in [-0.1, -0.05) is 0 Å². The van der Waals surface area contributed by atoms with Crippen molar-refractivity contribution >= 4 is 11.9 Å². The molecule has 6 heteroatoms. The highest BCUT2D eigenvalue weighted by Gasteiger charge is 2.35. The van der Waals surface area contributed by atoms with Crippen LogP contribution in [0.4, 0.5) is 11.9 Å². The van der Waals surface area contributed by atoms with Crippen LogP contribution in [0.3, 0.4) is 0 Å². The molecular weight excluding hydrogens is 230 g/mol. The minimum Gasteiger partial charge on any atom is -0.464 e. The van der Waals surface area contributed by atoms with Crippen molar-refractivity contribution < 1.29 is 4.74 Å². The summed E-state index contributed by atoms with van der Waals surface area (Å²) in [5.74, 6) is 1.73. The largest absolute Gasteiger partial charge is 0.464 e. The van der Waals surface area contributed by atoms with Gasteiger partial charge >= 0.3 is 6.01 Å². The molecule has 0 unspecified atom stereocenters. The van der Waals surface area contributed by atoms with E-state index in [-0.39, 0.29) is 5.95 Å². The van der Waals surface area contributed by atoms with Crippen LogP contribution in [0, 0.1) is 5.92 Å². The Labute approximate surface area is 107 Å². The van der Waals surface area contributed by atoms with E-state index >= 15 is 0 Å². The Balaban J connectivity index is 1.82. The first-order chi connectivity index (χ1) is 8.76. The first-order valence-corrected chi connectivity index (χ1v) is 6.67. The SMILES string of the molecule is CCOc1nc(N)nc(N(CC2CC2)C2CC2)n1. The second-order valence-corrected chi connectivity index (χ2v) is 5.04. The van der Waals surface area contributed by atoms with Gasteiger partial charge in [0, 0.05) is 12.6 Å². The fraction of sp³-hybridized carbons (Fsp3) is 0.750. The van der Waals surface area contributed by atoms with Crippen molar-refractivity contribution in [1.29, 1.82) is 0 Å². The first-order valence-electron chi connectivity index (χ1n) is 6.67. The average Bonchev–Trinajstić information content (AvgIpc) is 3.19. The van der Waals surface area contributed by atoms with Gasteiger partial charge in [-0.15, -0.1) is 0 Å². The molecule has 0 atom stereocenters. The van der Waals surface area contributed by atoms with E-state index in [2.05, 4.69) is 19.9 Å². The van der Waals surface area contributed by atoms with E-state index in [4.69, 9.17) is 10.5 Å². The second-order valence-electron chi connectivity index (χ2n) is 5.04. The fourth-order valence-corrected chi connectivity index (χ4v) is 2.04. The van der Waals surface area contributed by atoms with Gasteiger partial charge in [0.1, 0.15) is 0 Å². The van der Waals surface area contributed by atoms with Gasteiger partial charge in [0.15, 0.2) is 0 Å². The van der Waals surface area contributed by atoms with Crippen molar-refractivity contribution in [2.24, 2.45) is 5.92 Å². The molecule has 0 bridgehead atoms. The van der Waals surface area contributed by atoms with Gasteiger partial charge in [0.05, 0.1) is 6.61 Å². The molecule has 0 saturated heterocycles. The summed E-state index contributed by atoms with van der Waals surface area (Å²) in [4.78, 5) is 14.9. The maximum absolute atomic E-state index is 5.73. The molecule has 2 N–H and O–H groups in total. The molecule has 1 aromatic heterocycles. The molecule has 0 radical (unpaired) electrons. The van der Waals surface area contributed by atoms with E-state index in [0.29, 0.717) is 24.6 Å². The van der Waals surface area contributed by atoms with E-state index in [1.807, 2.05) is 6.92 Å². The molecule has 0 amide bonds. The number of hydrogen-bond donors (Lipinski definition) is 1. The standard InChI is InChI=1S/C12H19N5O/c1-2-18-12-15-10(13)14-11(16-12)17(9-5-6-9)7-8-3-4-8/h8-9H,2-7H2,1H3,(H2,13,14,15,16). The minimum absolute atomic E-state index is 0.241. The molecule has 2 fully saturated rings. The summed E-state index contributed by atoms with van der Waals surface area (Å²) in [6.45, 7) is 3.48. The molecule has 1 heterocycles. The Morgan fingerprint density at radius 3 is 2.61 bits per heavy atom. The number of anilines is 2. The van der Waals surface area contributed by atoms with Crippen LogP contribution in [0.1, 0.15) is 32.6 Å². The van der Waals surface area contributed by atoms with Gasteiger partial charge < -0.3 is 15.4 Å². The predicted molar refractivity (Wildman–Crippen MR) is 68.5 cm³/mol. The topological polar surface area (TPSA) is 77.2 Å². The number of nitrogens with two attached hydrogens (primary N) is 1. The van der Waals surface area contributed by atoms with Crippen LogP contribution >= 0.6 is 0 Å². The predicted octanol–water partition coefficient (Wildman–Crippen LogP) is 1.23. The molecule has 6 nitrogen and oxygen atoms in total. The summed E-state index contributed by atoms with van der Waals surface area (Å²) in [5.41, 5.74) is 5.73. The van der Waals surface area contributed by atoms with E-state index in [1.165, 1.54) is 25.7 Å². The summed E-state index contributed by atoms with van der Waals surface area (Å²) in [6, 6.07) is 0.920. The zero-order valence-electron chi connectivity index (χ0n) is 10.7. The van der Waals surface area contributed by atoms with Gasteiger partial charge in [0.2, 0.25) is 11.9 Å². The zero-order valence-corrected chi connectivity index (χ0v) is 10.7. The summed E-state index contributed by atoms with van der Waals surface area (Å²) in [7, 11) is 0. The molecule has 98 valence electrons. The first kappa shape index (κ1) is 11.5. The Hall–Kier alpha value is -1.59. The molecule has 3 rings (SSSR count). The lowest BCUT2D eigenvalue weighted by atomic mass is 10.3. The Bertz CT molecular complexity index is 430. The summed E-state index contributed by atoms with van der Waals surface area (Å²) in [6.07, 6.45) is 5.09. The van der Waals surface area contributed by atoms with E-state index < -0.39 is 0 Å². The quantitative estimate of drug-likeness (QED) is 0.817. The molecular formula is C12H19N5O. The third-order valence-corrected chi connectivity index (χ3v) is 3.29. The molecule has 2 aliphatic rings. The molecule has 18 heavy (non-hydrogen) atoms. The summed E-state index contributed by atoms with van der Waals surface area (Å²) in [5, 5.41) is 0. The highest BCUT2D eigenvalue weighted by atomic mass is 16.5. The fourth-order valence-electron chi connectivity index (χ4n) is 2.04. The summed E-state index contributed by atoms with van der Waals surface area (Å²) < 4.78 is 5.33. The van der Waals surface area contributed by atoms with Crippen LogP contribution in [0.15, 0.2) is 0 Å². The number of ether oxygens (including phenoxy) is 1. The van der Waals surface area contributed by atoms with Gasteiger partial charge in [-0.2, -0.15) is 15.0 Å². The molecule has 0 spiro atoms. The molecule has 0 aliphatic heterocycles. The smallest absolute Gasteiger partial charge is 0.323 e. The molecule has 0 aromatic carbocycles. The maximum Gasteiger partial charge on any atom is 0.323 e. The van der Waals surface area contributed by atoms with Gasteiger partial charge in [-0.25, -0.2) is 0 Å². The second kappa shape index (κ2) is 4.59. The number of rotatable bonds is 6. The van der Waals surface area contributed by atoms with Crippen molar-refractivity contribution in [3.05, 3.63) is 0 Å². The van der Waals surface area contributed by atoms with Gasteiger partial charge in [-0.05, 0) is 38.5 Å². The van der Waals surface area contributed by atoms with E-state index in [1.54, 1.807) is 0 Å². The lowest BCUT2D eigenvalue weighted by Gasteiger charge is -2.22. The minimum atomic E-state index is 0.241. The van der Waals surface area contributed by atoms with Crippen molar-refractivity contribution in [2.75, 3.05) is 23.8 Å². The van der Waals surface area contributed by atoms with Crippen LogP contribution < -0.4 is 15.4 Å². The number of nitrogens with zero attached hydrogens (tertiary/aromatic N) is 4. The van der Waals surface area contributed by atoms with Gasteiger partial charge in [0.25, 0.3) is 0 Å². The third-order valence-electron chi connectivity index (χ3n) is 3.29. The summed E-state index contributed by atoms with van der Waals surface area (Å²) >= 11 is 0. The monoisotopic (exact) mass is 249 g/mol. The molecule has 2 aliphatic carbocycles. The van der Waals surface area contributed by atoms with Crippen LogP contribution in [0.5, 0.6) is 6.01 Å². The van der Waals surface area contributed by atoms with Crippen molar-refractivity contribution in [3.8, 4) is 6.01 Å². The van der Waals surface area contributed by atoms with Gasteiger partial charge in [-0.3, -0.25) is 0 Å². The number of nitrogen functional groups attached to an aromatic ring is 1. The Morgan fingerprint density at radius 1 is 1.22 bits per heavy atom. The van der Waals surface area contributed by atoms with Crippen LogP contribution in [-0.4, -0.2) is 34.1 Å². The van der Waals surface area contributed by atoms with Crippen molar-refractivity contribution in [3.63, 3.8) is 0 Å². The lowest BCUT2D eigenvalue weighted by molar-refractivity contribution is 0.312. The van der Waals surface area contributed by atoms with Crippen molar-refractivity contribution in [2.45, 2.75) is 38.6 Å². The number of hydrogen-bond acceptors (Lipinski definition) is 6. The average molecular weight is 249 g/mol. The molecule has 1 aromatic rings. The van der Waals surface area contributed by atoms with E-state index in [9.17, 15) is 0 Å². The Kier molecular flexibility index (Phi) is 2.93. The van der Waals surface area contributed by atoms with Crippen molar-refractivity contribution in [1.82, 2.24) is 15.0 Å². The molecule has 2 saturated carbocycles. The van der Waals surface area contributed by atoms with Crippen LogP contribution in [0.25, 0.3) is 0 Å². The van der Waals surface area contributed by atoms with Crippen LogP contribution in [0.2, 0.25) is 0 Å². The highest BCUT2D eigenvalue weighted by Crippen LogP contribution is 2.36. The zero-order chi connectivity index (χ0) is 12.5. The maximum atomic E-state index is 5.73. The highest BCUT2D eigenvalue weighted by molar-refractivity contribution is 5.39.